The van der Waals surface area contributed by atoms with Crippen molar-refractivity contribution < 1.29 is 36.9 Å². The van der Waals surface area contributed by atoms with Crippen molar-refractivity contribution in [3.8, 4) is 22.8 Å². The Hall–Kier alpha value is -3.90. The maximum Gasteiger partial charge on any atom is 0.424 e. The van der Waals surface area contributed by atoms with E-state index in [1.165, 1.54) is 24.3 Å². The fourth-order valence-electron chi connectivity index (χ4n) is 4.79. The van der Waals surface area contributed by atoms with E-state index in [1.807, 2.05) is 0 Å². The Labute approximate surface area is 239 Å². The SMILES string of the molecule is C[C@@]1(N)CNc2c1cc([C@](O)(CNC(=O)c1ccc(OC3CC3)c(OC3CC3)c1)C(F)(F)F)nc2-c1ccc(F)cc1. The molecule has 3 aromatic rings. The van der Waals surface area contributed by atoms with E-state index in [2.05, 4.69) is 15.6 Å². The second-order valence-corrected chi connectivity index (χ2v) is 11.4. The molecule has 222 valence electrons. The molecule has 12 heteroatoms. The van der Waals surface area contributed by atoms with Gasteiger partial charge in [0.1, 0.15) is 5.82 Å². The van der Waals surface area contributed by atoms with Crippen molar-refractivity contribution in [1.29, 1.82) is 0 Å². The molecular weight excluding hydrogens is 556 g/mol. The molecule has 0 radical (unpaired) electrons. The number of rotatable bonds is 9. The number of amides is 1. The maximum atomic E-state index is 14.6. The summed E-state index contributed by atoms with van der Waals surface area (Å²) >= 11 is 0. The summed E-state index contributed by atoms with van der Waals surface area (Å²) in [5.41, 5.74) is 2.09. The van der Waals surface area contributed by atoms with Gasteiger partial charge < -0.3 is 30.9 Å². The summed E-state index contributed by atoms with van der Waals surface area (Å²) in [6.07, 6.45) is -1.59. The summed E-state index contributed by atoms with van der Waals surface area (Å²) in [4.78, 5) is 17.3. The number of fused-ring (bicyclic) bond motifs is 1. The molecule has 0 spiro atoms. The van der Waals surface area contributed by atoms with Crippen molar-refractivity contribution in [2.75, 3.05) is 18.4 Å². The van der Waals surface area contributed by atoms with Crippen molar-refractivity contribution in [1.82, 2.24) is 10.3 Å². The van der Waals surface area contributed by atoms with Crippen molar-refractivity contribution >= 4 is 11.6 Å². The number of alkyl halides is 3. The second-order valence-electron chi connectivity index (χ2n) is 11.4. The van der Waals surface area contributed by atoms with Gasteiger partial charge in [0.25, 0.3) is 5.91 Å². The molecule has 0 saturated heterocycles. The Balaban J connectivity index is 1.32. The van der Waals surface area contributed by atoms with Gasteiger partial charge in [-0.25, -0.2) is 9.37 Å². The van der Waals surface area contributed by atoms with Gasteiger partial charge in [-0.2, -0.15) is 13.2 Å². The number of nitrogens with zero attached hydrogens (tertiary/aromatic N) is 1. The third-order valence-corrected chi connectivity index (χ3v) is 7.62. The van der Waals surface area contributed by atoms with Gasteiger partial charge in [-0.05, 0) is 81.1 Å². The van der Waals surface area contributed by atoms with E-state index in [-0.39, 0.29) is 30.0 Å². The highest BCUT2D eigenvalue weighted by Crippen LogP contribution is 2.45. The Morgan fingerprint density at radius 2 is 1.71 bits per heavy atom. The number of aromatic nitrogens is 1. The van der Waals surface area contributed by atoms with E-state index in [1.54, 1.807) is 13.0 Å². The topological polar surface area (TPSA) is 119 Å². The van der Waals surface area contributed by atoms with Gasteiger partial charge in [-0.1, -0.05) is 0 Å². The van der Waals surface area contributed by atoms with Crippen LogP contribution < -0.4 is 25.8 Å². The number of halogens is 4. The molecule has 6 rings (SSSR count). The molecule has 8 nitrogen and oxygen atoms in total. The normalized spacial score (nSPS) is 21.2. The Morgan fingerprint density at radius 1 is 1.07 bits per heavy atom. The van der Waals surface area contributed by atoms with E-state index in [0.717, 1.165) is 43.9 Å². The number of aliphatic hydroxyl groups is 1. The van der Waals surface area contributed by atoms with Crippen molar-refractivity contribution in [2.24, 2.45) is 5.73 Å². The molecule has 42 heavy (non-hydrogen) atoms. The molecule has 2 fully saturated rings. The highest BCUT2D eigenvalue weighted by molar-refractivity contribution is 5.95. The van der Waals surface area contributed by atoms with Gasteiger partial charge >= 0.3 is 6.18 Å². The number of carbonyl (C=O) groups is 1. The number of nitrogens with one attached hydrogen (secondary N) is 2. The van der Waals surface area contributed by atoms with Crippen LogP contribution in [0.1, 0.15) is 54.2 Å². The van der Waals surface area contributed by atoms with Crippen molar-refractivity contribution in [3.63, 3.8) is 0 Å². The summed E-state index contributed by atoms with van der Waals surface area (Å²) in [5.74, 6) is -0.555. The van der Waals surface area contributed by atoms with Crippen molar-refractivity contribution in [2.45, 2.75) is 62.1 Å². The molecule has 0 bridgehead atoms. The third kappa shape index (κ3) is 5.48. The fraction of sp³-hybridized carbons (Fsp3) is 0.400. The average molecular weight is 587 g/mol. The monoisotopic (exact) mass is 586 g/mol. The third-order valence-electron chi connectivity index (χ3n) is 7.62. The molecule has 0 unspecified atom stereocenters. The standard InChI is InChI=1S/C30H30F4N4O4/c1-28(35)14-36-26-21(28)13-24(38-25(26)16-2-5-18(31)6-3-16)29(40,30(32,33)34)15-37-27(39)17-4-11-22(41-19-7-8-19)23(12-17)42-20-9-10-20/h2-6,11-13,19-20,36,40H,7-10,14-15,35H2,1H3,(H,37,39)/t28-,29-/m1/s1. The summed E-state index contributed by atoms with van der Waals surface area (Å²) in [6.45, 7) is 0.614. The number of nitrogens with two attached hydrogens (primary N) is 1. The van der Waals surface area contributed by atoms with E-state index in [4.69, 9.17) is 15.2 Å². The van der Waals surface area contributed by atoms with Crippen LogP contribution in [-0.2, 0) is 11.1 Å². The quantitative estimate of drug-likeness (QED) is 0.267. The van der Waals surface area contributed by atoms with Gasteiger partial charge in [0.2, 0.25) is 5.60 Å². The number of carbonyl (C=O) groups excluding carboxylic acids is 1. The molecule has 2 atom stereocenters. The van der Waals surface area contributed by atoms with Gasteiger partial charge in [0.15, 0.2) is 11.5 Å². The first-order valence-electron chi connectivity index (χ1n) is 13.7. The lowest BCUT2D eigenvalue weighted by Crippen LogP contribution is -2.51. The largest absolute Gasteiger partial charge is 0.487 e. The molecule has 1 aromatic heterocycles. The van der Waals surface area contributed by atoms with E-state index in [9.17, 15) is 27.5 Å². The van der Waals surface area contributed by atoms with E-state index in [0.29, 0.717) is 28.3 Å². The first kappa shape index (κ1) is 28.2. The van der Waals surface area contributed by atoms with Crippen LogP contribution in [-0.4, -0.2) is 47.5 Å². The van der Waals surface area contributed by atoms with Crippen LogP contribution in [0.3, 0.4) is 0 Å². The maximum absolute atomic E-state index is 14.6. The van der Waals surface area contributed by atoms with Crippen LogP contribution in [0.5, 0.6) is 11.5 Å². The highest BCUT2D eigenvalue weighted by atomic mass is 19.4. The number of benzene rings is 2. The zero-order valence-corrected chi connectivity index (χ0v) is 22.7. The smallest absolute Gasteiger partial charge is 0.424 e. The number of ether oxygens (including phenoxy) is 2. The lowest BCUT2D eigenvalue weighted by molar-refractivity contribution is -0.265. The summed E-state index contributed by atoms with van der Waals surface area (Å²) in [5, 5.41) is 16.5. The summed E-state index contributed by atoms with van der Waals surface area (Å²) < 4.78 is 69.1. The minimum atomic E-state index is -5.24. The molecule has 2 saturated carbocycles. The Bertz CT molecular complexity index is 1520. The van der Waals surface area contributed by atoms with Gasteiger partial charge in [0.05, 0.1) is 41.4 Å². The zero-order chi connectivity index (χ0) is 29.9. The Kier molecular flexibility index (Phi) is 6.81. The fourth-order valence-corrected chi connectivity index (χ4v) is 4.79. The second kappa shape index (κ2) is 10.1. The predicted octanol–water partition coefficient (Wildman–Crippen LogP) is 4.75. The highest BCUT2D eigenvalue weighted by Gasteiger charge is 2.57. The number of anilines is 1. The molecule has 5 N–H and O–H groups in total. The molecule has 3 aliphatic rings. The molecule has 2 aliphatic carbocycles. The van der Waals surface area contributed by atoms with Crippen LogP contribution in [0.25, 0.3) is 11.3 Å². The zero-order valence-electron chi connectivity index (χ0n) is 22.7. The van der Waals surface area contributed by atoms with Crippen LogP contribution in [0.15, 0.2) is 48.5 Å². The van der Waals surface area contributed by atoms with Gasteiger partial charge in [-0.15, -0.1) is 0 Å². The lowest BCUT2D eigenvalue weighted by atomic mass is 9.89. The van der Waals surface area contributed by atoms with Crippen LogP contribution in [0, 0.1) is 5.82 Å². The molecule has 1 amide bonds. The average Bonchev–Trinajstić information content (AvgIpc) is 3.88. The number of hydrogen-bond donors (Lipinski definition) is 4. The van der Waals surface area contributed by atoms with E-state index < -0.39 is 41.3 Å². The number of pyridine rings is 1. The molecule has 1 aliphatic heterocycles. The van der Waals surface area contributed by atoms with E-state index >= 15 is 0 Å². The minimum absolute atomic E-state index is 0.00379. The molecular formula is C30H30F4N4O4. The van der Waals surface area contributed by atoms with Crippen LogP contribution in [0.4, 0.5) is 23.2 Å². The summed E-state index contributed by atoms with van der Waals surface area (Å²) in [7, 11) is 0. The lowest BCUT2D eigenvalue weighted by Gasteiger charge is -2.31. The van der Waals surface area contributed by atoms with Gasteiger partial charge in [-0.3, -0.25) is 4.79 Å². The Morgan fingerprint density at radius 3 is 2.33 bits per heavy atom. The van der Waals surface area contributed by atoms with Crippen LogP contribution in [0.2, 0.25) is 0 Å². The first-order valence-corrected chi connectivity index (χ1v) is 13.7. The number of hydrogen-bond acceptors (Lipinski definition) is 7. The molecule has 2 heterocycles. The van der Waals surface area contributed by atoms with Crippen molar-refractivity contribution in [3.05, 3.63) is 71.2 Å². The predicted molar refractivity (Wildman–Crippen MR) is 146 cm³/mol. The summed E-state index contributed by atoms with van der Waals surface area (Å²) in [6, 6.07) is 10.6. The molecule has 2 aromatic carbocycles. The van der Waals surface area contributed by atoms with Crippen LogP contribution >= 0.6 is 0 Å². The first-order chi connectivity index (χ1) is 19.8. The minimum Gasteiger partial charge on any atom is -0.487 e. The van der Waals surface area contributed by atoms with Gasteiger partial charge in [0, 0.05) is 23.2 Å².